The van der Waals surface area contributed by atoms with Crippen LogP contribution in [0.4, 0.5) is 0 Å². The Hall–Kier alpha value is -2.46. The Balaban J connectivity index is 1.57. The number of fused-ring (bicyclic) bond motifs is 2. The maximum absolute atomic E-state index is 13.8. The van der Waals surface area contributed by atoms with E-state index < -0.39 is 22.1 Å². The van der Waals surface area contributed by atoms with Gasteiger partial charge in [-0.25, -0.2) is 8.42 Å². The average molecular weight is 570 g/mol. The molecule has 0 unspecified atom stereocenters. The van der Waals surface area contributed by atoms with E-state index in [1.54, 1.807) is 43.4 Å². The van der Waals surface area contributed by atoms with Gasteiger partial charge in [-0.2, -0.15) is 4.31 Å². The number of amides is 1. The third-order valence-electron chi connectivity index (χ3n) is 6.83. The van der Waals surface area contributed by atoms with Crippen LogP contribution in [-0.4, -0.2) is 69.5 Å². The summed E-state index contributed by atoms with van der Waals surface area (Å²) in [5.74, 6) is 1.19. The Bertz CT molecular complexity index is 1250. The number of carbonyl (C=O) groups excluding carboxylic acids is 1. The third-order valence-corrected chi connectivity index (χ3v) is 9.18. The van der Waals surface area contributed by atoms with Gasteiger partial charge >= 0.3 is 0 Å². The molecule has 2 bridgehead atoms. The number of benzene rings is 2. The van der Waals surface area contributed by atoms with E-state index >= 15 is 0 Å². The van der Waals surface area contributed by atoms with E-state index in [1.807, 2.05) is 0 Å². The highest BCUT2D eigenvalue weighted by Gasteiger charge is 2.49. The van der Waals surface area contributed by atoms with Crippen LogP contribution in [0.3, 0.4) is 0 Å². The van der Waals surface area contributed by atoms with E-state index in [2.05, 4.69) is 6.58 Å². The first-order chi connectivity index (χ1) is 17.7. The first kappa shape index (κ1) is 27.6. The number of carbonyl (C=O) groups is 1. The second kappa shape index (κ2) is 11.5. The van der Waals surface area contributed by atoms with E-state index in [1.165, 1.54) is 22.5 Å². The van der Waals surface area contributed by atoms with Crippen molar-refractivity contribution in [3.63, 3.8) is 0 Å². The molecule has 2 aliphatic heterocycles. The van der Waals surface area contributed by atoms with Gasteiger partial charge < -0.3 is 19.1 Å². The summed E-state index contributed by atoms with van der Waals surface area (Å²) in [4.78, 5) is 15.4. The number of halogens is 2. The fraction of sp³-hybridized carbons (Fsp3) is 0.423. The monoisotopic (exact) mass is 568 g/mol. The molecule has 0 saturated carbocycles. The zero-order chi connectivity index (χ0) is 26.7. The Kier molecular flexibility index (Phi) is 8.58. The van der Waals surface area contributed by atoms with Crippen LogP contribution in [0.25, 0.3) is 0 Å². The Morgan fingerprint density at radius 3 is 2.41 bits per heavy atom. The summed E-state index contributed by atoms with van der Waals surface area (Å²) < 4.78 is 45.5. The molecule has 0 aromatic heterocycles. The molecule has 0 N–H and O–H groups in total. The summed E-state index contributed by atoms with van der Waals surface area (Å²) >= 11 is 12.2. The fourth-order valence-corrected chi connectivity index (χ4v) is 7.68. The SMILES string of the molecule is C=C[C@H]1CN(CCOc2ccc(OC)c(OC)c2)C(=O)[C@@H]2CCC[C@@H]1N2S(=O)(=O)c1cc(Cl)cc(Cl)c1. The van der Waals surface area contributed by atoms with Gasteiger partial charge in [-0.1, -0.05) is 29.3 Å². The number of sulfonamides is 1. The van der Waals surface area contributed by atoms with Crippen molar-refractivity contribution in [1.29, 1.82) is 0 Å². The molecular weight excluding hydrogens is 539 g/mol. The van der Waals surface area contributed by atoms with Crippen molar-refractivity contribution in [2.24, 2.45) is 5.92 Å². The van der Waals surface area contributed by atoms with Crippen molar-refractivity contribution in [2.45, 2.75) is 36.2 Å². The molecule has 0 radical (unpaired) electrons. The molecule has 2 saturated heterocycles. The van der Waals surface area contributed by atoms with Gasteiger partial charge in [-0.15, -0.1) is 6.58 Å². The fourth-order valence-electron chi connectivity index (χ4n) is 5.08. The van der Waals surface area contributed by atoms with Gasteiger partial charge in [0.1, 0.15) is 18.4 Å². The van der Waals surface area contributed by atoms with Gasteiger partial charge in [0.2, 0.25) is 15.9 Å². The van der Waals surface area contributed by atoms with Crippen molar-refractivity contribution < 1.29 is 27.4 Å². The van der Waals surface area contributed by atoms with Crippen LogP contribution < -0.4 is 14.2 Å². The van der Waals surface area contributed by atoms with E-state index in [9.17, 15) is 13.2 Å². The number of rotatable bonds is 9. The van der Waals surface area contributed by atoms with Crippen LogP contribution in [-0.2, 0) is 14.8 Å². The summed E-state index contributed by atoms with van der Waals surface area (Å²) in [7, 11) is -0.955. The number of hydrogen-bond donors (Lipinski definition) is 0. The van der Waals surface area contributed by atoms with Gasteiger partial charge in [0, 0.05) is 34.6 Å². The molecule has 8 nitrogen and oxygen atoms in total. The van der Waals surface area contributed by atoms with Gasteiger partial charge in [0.25, 0.3) is 0 Å². The molecule has 2 aliphatic rings. The minimum Gasteiger partial charge on any atom is -0.493 e. The zero-order valence-corrected chi connectivity index (χ0v) is 23.1. The summed E-state index contributed by atoms with van der Waals surface area (Å²) in [6.45, 7) is 4.81. The highest BCUT2D eigenvalue weighted by Crippen LogP contribution is 2.38. The highest BCUT2D eigenvalue weighted by molar-refractivity contribution is 7.89. The summed E-state index contributed by atoms with van der Waals surface area (Å²) in [6, 6.07) is 8.20. The topological polar surface area (TPSA) is 85.4 Å². The first-order valence-electron chi connectivity index (χ1n) is 12.0. The Morgan fingerprint density at radius 1 is 1.05 bits per heavy atom. The van der Waals surface area contributed by atoms with Crippen LogP contribution >= 0.6 is 23.2 Å². The minimum atomic E-state index is -4.05. The van der Waals surface area contributed by atoms with Gasteiger partial charge in [-0.3, -0.25) is 4.79 Å². The normalized spacial score (nSPS) is 22.3. The second-order valence-corrected chi connectivity index (χ2v) is 11.7. The van der Waals surface area contributed by atoms with Crippen LogP contribution in [0, 0.1) is 5.92 Å². The van der Waals surface area contributed by atoms with Crippen LogP contribution in [0.1, 0.15) is 19.3 Å². The van der Waals surface area contributed by atoms with E-state index in [-0.39, 0.29) is 39.9 Å². The Labute approximate surface area is 227 Å². The number of nitrogens with zero attached hydrogens (tertiary/aromatic N) is 2. The maximum Gasteiger partial charge on any atom is 0.244 e. The lowest BCUT2D eigenvalue weighted by Gasteiger charge is -2.40. The lowest BCUT2D eigenvalue weighted by molar-refractivity contribution is -0.135. The van der Waals surface area contributed by atoms with Crippen LogP contribution in [0.15, 0.2) is 53.9 Å². The van der Waals surface area contributed by atoms with Gasteiger partial charge in [0.05, 0.1) is 25.7 Å². The summed E-state index contributed by atoms with van der Waals surface area (Å²) in [5, 5.41) is 0.429. The molecule has 11 heteroatoms. The molecule has 2 heterocycles. The van der Waals surface area contributed by atoms with Crippen molar-refractivity contribution >= 4 is 39.1 Å². The minimum absolute atomic E-state index is 0.0252. The quantitative estimate of drug-likeness (QED) is 0.409. The summed E-state index contributed by atoms with van der Waals surface area (Å²) in [5.41, 5.74) is 0. The van der Waals surface area contributed by atoms with Crippen molar-refractivity contribution in [1.82, 2.24) is 9.21 Å². The lowest BCUT2D eigenvalue weighted by atomic mass is 9.90. The second-order valence-electron chi connectivity index (χ2n) is 9.00. The third kappa shape index (κ3) is 5.70. The zero-order valence-electron chi connectivity index (χ0n) is 20.7. The largest absolute Gasteiger partial charge is 0.493 e. The first-order valence-corrected chi connectivity index (χ1v) is 14.1. The van der Waals surface area contributed by atoms with Crippen molar-refractivity contribution in [3.8, 4) is 17.2 Å². The molecule has 2 fully saturated rings. The Morgan fingerprint density at radius 2 is 1.76 bits per heavy atom. The van der Waals surface area contributed by atoms with Crippen LogP contribution in [0.2, 0.25) is 10.0 Å². The van der Waals surface area contributed by atoms with Crippen molar-refractivity contribution in [3.05, 3.63) is 59.1 Å². The predicted octanol–water partition coefficient (Wildman–Crippen LogP) is 4.65. The summed E-state index contributed by atoms with van der Waals surface area (Å²) in [6.07, 6.45) is 3.54. The molecule has 37 heavy (non-hydrogen) atoms. The van der Waals surface area contributed by atoms with E-state index in [0.717, 1.165) is 6.42 Å². The van der Waals surface area contributed by atoms with Gasteiger partial charge in [-0.05, 0) is 49.6 Å². The number of hydrogen-bond acceptors (Lipinski definition) is 6. The molecule has 4 rings (SSSR count). The standard InChI is InChI=1S/C26H30Cl2N2O6S/c1-4-17-16-29(10-11-36-20-8-9-24(34-2)25(15-20)35-3)26(31)23-7-5-6-22(17)30(23)37(32,33)21-13-18(27)12-19(28)14-21/h4,8-9,12-15,17,22-23H,1,5-7,10-11,16H2,2-3H3/t17-,22-,23-/m0/s1. The van der Waals surface area contributed by atoms with Crippen LogP contribution in [0.5, 0.6) is 17.2 Å². The molecule has 200 valence electrons. The average Bonchev–Trinajstić information content (AvgIpc) is 2.95. The maximum atomic E-state index is 13.8. The number of ether oxygens (including phenoxy) is 3. The van der Waals surface area contributed by atoms with Gasteiger partial charge in [0.15, 0.2) is 11.5 Å². The molecule has 2 aromatic carbocycles. The van der Waals surface area contributed by atoms with E-state index in [4.69, 9.17) is 37.4 Å². The molecular formula is C26H30Cl2N2O6S. The molecule has 1 amide bonds. The number of methoxy groups -OCH3 is 2. The molecule has 3 atom stereocenters. The molecule has 2 aromatic rings. The predicted molar refractivity (Wildman–Crippen MR) is 142 cm³/mol. The smallest absolute Gasteiger partial charge is 0.244 e. The van der Waals surface area contributed by atoms with Crippen molar-refractivity contribution in [2.75, 3.05) is 33.9 Å². The lowest BCUT2D eigenvalue weighted by Crippen LogP contribution is -2.54. The molecule has 0 spiro atoms. The highest BCUT2D eigenvalue weighted by atomic mass is 35.5. The number of piperidine rings is 1. The molecule has 0 aliphatic carbocycles. The van der Waals surface area contributed by atoms with E-state index in [0.29, 0.717) is 36.6 Å².